The number of carbonyl (C=O) groups is 2. The number of nitrogens with one attached hydrogen (secondary N) is 1. The van der Waals surface area contributed by atoms with Crippen LogP contribution in [0.4, 0.5) is 5.69 Å². The van der Waals surface area contributed by atoms with Gasteiger partial charge in [-0.15, -0.1) is 0 Å². The fraction of sp³-hybridized carbons (Fsp3) is 0.500. The Labute approximate surface area is 129 Å². The molecule has 0 spiro atoms. The third kappa shape index (κ3) is 4.74. The van der Waals surface area contributed by atoms with Crippen molar-refractivity contribution < 1.29 is 14.3 Å². The summed E-state index contributed by atoms with van der Waals surface area (Å²) >= 11 is 5.86. The number of anilines is 1. The SMILES string of the molecule is C[C@H](OC(=O)C1CCCCC1)C(=O)Nc1cccc(Cl)c1. The van der Waals surface area contributed by atoms with Crippen LogP contribution in [0.15, 0.2) is 24.3 Å². The van der Waals surface area contributed by atoms with Crippen molar-refractivity contribution in [1.29, 1.82) is 0 Å². The van der Waals surface area contributed by atoms with Gasteiger partial charge in [-0.1, -0.05) is 36.9 Å². The Bertz CT molecular complexity index is 512. The van der Waals surface area contributed by atoms with Crippen LogP contribution in [0.1, 0.15) is 39.0 Å². The maximum atomic E-state index is 12.0. The van der Waals surface area contributed by atoms with Gasteiger partial charge in [0.15, 0.2) is 6.10 Å². The Hall–Kier alpha value is -1.55. The summed E-state index contributed by atoms with van der Waals surface area (Å²) in [6.45, 7) is 1.58. The standard InChI is InChI=1S/C16H20ClNO3/c1-11(21-16(20)12-6-3-2-4-7-12)15(19)18-14-9-5-8-13(17)10-14/h5,8-12H,2-4,6-7H2,1H3,(H,18,19)/t11-/m0/s1. The van der Waals surface area contributed by atoms with Gasteiger partial charge >= 0.3 is 5.97 Å². The van der Waals surface area contributed by atoms with Crippen LogP contribution >= 0.6 is 11.6 Å². The fourth-order valence-corrected chi connectivity index (χ4v) is 2.66. The molecule has 0 bridgehead atoms. The van der Waals surface area contributed by atoms with Gasteiger partial charge in [0, 0.05) is 10.7 Å². The van der Waals surface area contributed by atoms with Crippen LogP contribution in [-0.2, 0) is 14.3 Å². The van der Waals surface area contributed by atoms with Crippen molar-refractivity contribution in [3.8, 4) is 0 Å². The molecule has 1 aromatic carbocycles. The molecule has 114 valence electrons. The molecule has 0 saturated heterocycles. The summed E-state index contributed by atoms with van der Waals surface area (Å²) in [5.41, 5.74) is 0.591. The van der Waals surface area contributed by atoms with Gasteiger partial charge in [0.2, 0.25) is 0 Å². The number of rotatable bonds is 4. The molecule has 0 heterocycles. The molecule has 5 heteroatoms. The average molecular weight is 310 g/mol. The summed E-state index contributed by atoms with van der Waals surface area (Å²) < 4.78 is 5.27. The monoisotopic (exact) mass is 309 g/mol. The lowest BCUT2D eigenvalue weighted by molar-refractivity contribution is -0.158. The highest BCUT2D eigenvalue weighted by atomic mass is 35.5. The molecular weight excluding hydrogens is 290 g/mol. The van der Waals surface area contributed by atoms with Crippen LogP contribution in [0, 0.1) is 5.92 Å². The Kier molecular flexibility index (Phi) is 5.62. The number of hydrogen-bond acceptors (Lipinski definition) is 3. The van der Waals surface area contributed by atoms with Crippen molar-refractivity contribution in [3.05, 3.63) is 29.3 Å². The fourth-order valence-electron chi connectivity index (χ4n) is 2.47. The second kappa shape index (κ2) is 7.46. The van der Waals surface area contributed by atoms with E-state index in [4.69, 9.17) is 16.3 Å². The summed E-state index contributed by atoms with van der Waals surface area (Å²) in [7, 11) is 0. The van der Waals surface area contributed by atoms with E-state index in [0.29, 0.717) is 10.7 Å². The van der Waals surface area contributed by atoms with E-state index in [2.05, 4.69) is 5.32 Å². The van der Waals surface area contributed by atoms with Gasteiger partial charge < -0.3 is 10.1 Å². The molecular formula is C16H20ClNO3. The summed E-state index contributed by atoms with van der Waals surface area (Å²) in [5, 5.41) is 3.23. The lowest BCUT2D eigenvalue weighted by Crippen LogP contribution is -2.32. The third-order valence-corrected chi connectivity index (χ3v) is 3.93. The second-order valence-electron chi connectivity index (χ2n) is 5.41. The molecule has 1 amide bonds. The molecule has 2 rings (SSSR count). The first-order valence-corrected chi connectivity index (χ1v) is 7.71. The van der Waals surface area contributed by atoms with Gasteiger partial charge in [0.25, 0.3) is 5.91 Å². The van der Waals surface area contributed by atoms with E-state index in [1.165, 1.54) is 6.42 Å². The Balaban J connectivity index is 1.85. The highest BCUT2D eigenvalue weighted by molar-refractivity contribution is 6.30. The number of halogens is 1. The van der Waals surface area contributed by atoms with Crippen molar-refractivity contribution in [2.75, 3.05) is 5.32 Å². The topological polar surface area (TPSA) is 55.4 Å². The molecule has 4 nitrogen and oxygen atoms in total. The van der Waals surface area contributed by atoms with Crippen LogP contribution in [0.2, 0.25) is 5.02 Å². The van der Waals surface area contributed by atoms with Gasteiger partial charge in [-0.25, -0.2) is 0 Å². The van der Waals surface area contributed by atoms with Crippen LogP contribution in [-0.4, -0.2) is 18.0 Å². The van der Waals surface area contributed by atoms with E-state index in [1.54, 1.807) is 31.2 Å². The molecule has 1 fully saturated rings. The van der Waals surface area contributed by atoms with Crippen LogP contribution in [0.3, 0.4) is 0 Å². The Morgan fingerprint density at radius 1 is 1.29 bits per heavy atom. The van der Waals surface area contributed by atoms with E-state index in [9.17, 15) is 9.59 Å². The Morgan fingerprint density at radius 3 is 2.67 bits per heavy atom. The van der Waals surface area contributed by atoms with E-state index in [0.717, 1.165) is 25.7 Å². The number of benzene rings is 1. The minimum atomic E-state index is -0.807. The summed E-state index contributed by atoms with van der Waals surface area (Å²) in [6, 6.07) is 6.86. The smallest absolute Gasteiger partial charge is 0.309 e. The van der Waals surface area contributed by atoms with Gasteiger partial charge in [0.1, 0.15) is 0 Å². The van der Waals surface area contributed by atoms with Gasteiger partial charge in [-0.05, 0) is 38.0 Å². The van der Waals surface area contributed by atoms with Crippen molar-refractivity contribution in [2.45, 2.75) is 45.1 Å². The summed E-state index contributed by atoms with van der Waals surface area (Å²) in [5.74, 6) is -0.662. The average Bonchev–Trinajstić information content (AvgIpc) is 2.48. The molecule has 1 aromatic rings. The minimum Gasteiger partial charge on any atom is -0.452 e. The predicted molar refractivity (Wildman–Crippen MR) is 82.2 cm³/mol. The number of ether oxygens (including phenoxy) is 1. The zero-order valence-electron chi connectivity index (χ0n) is 12.1. The lowest BCUT2D eigenvalue weighted by Gasteiger charge is -2.22. The molecule has 0 aliphatic heterocycles. The third-order valence-electron chi connectivity index (χ3n) is 3.69. The highest BCUT2D eigenvalue weighted by Crippen LogP contribution is 2.25. The van der Waals surface area contributed by atoms with Gasteiger partial charge in [0.05, 0.1) is 5.92 Å². The number of hydrogen-bond donors (Lipinski definition) is 1. The molecule has 0 radical (unpaired) electrons. The quantitative estimate of drug-likeness (QED) is 0.861. The van der Waals surface area contributed by atoms with E-state index in [1.807, 2.05) is 0 Å². The van der Waals surface area contributed by atoms with Crippen molar-refractivity contribution in [2.24, 2.45) is 5.92 Å². The van der Waals surface area contributed by atoms with Gasteiger partial charge in [-0.2, -0.15) is 0 Å². The van der Waals surface area contributed by atoms with Crippen LogP contribution in [0.25, 0.3) is 0 Å². The molecule has 1 atom stereocenters. The first-order chi connectivity index (χ1) is 10.1. The Morgan fingerprint density at radius 2 is 2.00 bits per heavy atom. The summed E-state index contributed by atoms with van der Waals surface area (Å²) in [6.07, 6.45) is 4.21. The molecule has 1 saturated carbocycles. The zero-order chi connectivity index (χ0) is 15.2. The maximum Gasteiger partial charge on any atom is 0.309 e. The molecule has 1 N–H and O–H groups in total. The van der Waals surface area contributed by atoms with Crippen LogP contribution < -0.4 is 5.32 Å². The molecule has 1 aliphatic carbocycles. The lowest BCUT2D eigenvalue weighted by atomic mass is 9.89. The molecule has 0 unspecified atom stereocenters. The van der Waals surface area contributed by atoms with Crippen molar-refractivity contribution >= 4 is 29.2 Å². The zero-order valence-corrected chi connectivity index (χ0v) is 12.9. The molecule has 0 aromatic heterocycles. The normalized spacial score (nSPS) is 17.0. The first-order valence-electron chi connectivity index (χ1n) is 7.33. The van der Waals surface area contributed by atoms with E-state index in [-0.39, 0.29) is 17.8 Å². The van der Waals surface area contributed by atoms with E-state index >= 15 is 0 Å². The maximum absolute atomic E-state index is 12.0. The number of esters is 1. The first kappa shape index (κ1) is 15.8. The number of carbonyl (C=O) groups excluding carboxylic acids is 2. The van der Waals surface area contributed by atoms with Gasteiger partial charge in [-0.3, -0.25) is 9.59 Å². The predicted octanol–water partition coefficient (Wildman–Crippen LogP) is 3.79. The second-order valence-corrected chi connectivity index (χ2v) is 5.85. The highest BCUT2D eigenvalue weighted by Gasteiger charge is 2.26. The van der Waals surface area contributed by atoms with E-state index < -0.39 is 6.10 Å². The van der Waals surface area contributed by atoms with Crippen molar-refractivity contribution in [3.63, 3.8) is 0 Å². The molecule has 1 aliphatic rings. The largest absolute Gasteiger partial charge is 0.452 e. The van der Waals surface area contributed by atoms with Crippen molar-refractivity contribution in [1.82, 2.24) is 0 Å². The number of amides is 1. The van der Waals surface area contributed by atoms with Crippen LogP contribution in [0.5, 0.6) is 0 Å². The molecule has 21 heavy (non-hydrogen) atoms. The minimum absolute atomic E-state index is 0.0554. The summed E-state index contributed by atoms with van der Waals surface area (Å²) in [4.78, 5) is 24.0.